The van der Waals surface area contributed by atoms with Gasteiger partial charge in [0.25, 0.3) is 0 Å². The molecule has 29 heavy (non-hydrogen) atoms. The van der Waals surface area contributed by atoms with Gasteiger partial charge in [-0.2, -0.15) is 5.10 Å². The van der Waals surface area contributed by atoms with Gasteiger partial charge in [0.2, 0.25) is 0 Å². The molecular weight excluding hydrogens is 384 g/mol. The van der Waals surface area contributed by atoms with Gasteiger partial charge in [0.1, 0.15) is 12.4 Å². The molecule has 6 nitrogen and oxygen atoms in total. The third-order valence-electron chi connectivity index (χ3n) is 5.84. The minimum atomic E-state index is -1.14. The van der Waals surface area contributed by atoms with Crippen LogP contribution in [0.15, 0.2) is 18.2 Å². The number of rotatable bonds is 7. The molecule has 0 atom stereocenters. The molecule has 0 aliphatic carbocycles. The van der Waals surface area contributed by atoms with E-state index >= 15 is 0 Å². The Kier molecular flexibility index (Phi) is 5.81. The van der Waals surface area contributed by atoms with E-state index in [2.05, 4.69) is 24.7 Å². The van der Waals surface area contributed by atoms with Crippen molar-refractivity contribution in [1.29, 1.82) is 0 Å². The molecular formula is C22H34N2O4Si. The summed E-state index contributed by atoms with van der Waals surface area (Å²) in [5, 5.41) is 5.32. The lowest BCUT2D eigenvalue weighted by atomic mass is 9.90. The SMILES string of the molecule is CC(=O)c1nn(COCC[Si](C)(C)C)c2ccc(C3OC(C)(C)C(C)(C)O3)cc12. The van der Waals surface area contributed by atoms with Gasteiger partial charge in [-0.3, -0.25) is 4.79 Å². The van der Waals surface area contributed by atoms with Crippen molar-refractivity contribution in [3.05, 3.63) is 29.5 Å². The first-order valence-electron chi connectivity index (χ1n) is 10.3. The number of carbonyl (C=O) groups is 1. The molecule has 1 aromatic carbocycles. The number of fused-ring (bicyclic) bond motifs is 1. The largest absolute Gasteiger partial charge is 0.360 e. The minimum absolute atomic E-state index is 0.0677. The fourth-order valence-electron chi connectivity index (χ4n) is 3.21. The van der Waals surface area contributed by atoms with Crippen LogP contribution in [0.25, 0.3) is 10.9 Å². The van der Waals surface area contributed by atoms with Crippen LogP contribution in [0.1, 0.15) is 57.0 Å². The van der Waals surface area contributed by atoms with Crippen LogP contribution in [0.3, 0.4) is 0 Å². The van der Waals surface area contributed by atoms with E-state index in [1.54, 1.807) is 11.6 Å². The number of hydrogen-bond donors (Lipinski definition) is 0. The number of ketones is 1. The summed E-state index contributed by atoms with van der Waals surface area (Å²) in [5.41, 5.74) is 1.39. The van der Waals surface area contributed by atoms with Gasteiger partial charge in [0, 0.05) is 32.6 Å². The molecule has 1 saturated heterocycles. The molecule has 0 spiro atoms. The van der Waals surface area contributed by atoms with Crippen molar-refractivity contribution >= 4 is 24.8 Å². The molecule has 0 amide bonds. The Balaban J connectivity index is 1.87. The van der Waals surface area contributed by atoms with Gasteiger partial charge >= 0.3 is 0 Å². The molecule has 0 unspecified atom stereocenters. The maximum absolute atomic E-state index is 12.2. The lowest BCUT2D eigenvalue weighted by Crippen LogP contribution is -2.41. The normalized spacial score (nSPS) is 19.2. The highest BCUT2D eigenvalue weighted by Crippen LogP contribution is 2.45. The highest BCUT2D eigenvalue weighted by Gasteiger charge is 2.49. The molecule has 1 aromatic heterocycles. The smallest absolute Gasteiger partial charge is 0.185 e. The summed E-state index contributed by atoms with van der Waals surface area (Å²) in [4.78, 5) is 12.2. The van der Waals surface area contributed by atoms with Gasteiger partial charge in [-0.05, 0) is 45.9 Å². The molecule has 2 aromatic rings. The number of carbonyl (C=O) groups excluding carboxylic acids is 1. The predicted octanol–water partition coefficient (Wildman–Crippen LogP) is 5.15. The third kappa shape index (κ3) is 4.63. The Hall–Kier alpha value is -1.54. The summed E-state index contributed by atoms with van der Waals surface area (Å²) in [6.07, 6.45) is -0.472. The number of benzene rings is 1. The predicted molar refractivity (Wildman–Crippen MR) is 117 cm³/mol. The molecule has 0 saturated carbocycles. The number of aromatic nitrogens is 2. The second-order valence-corrected chi connectivity index (χ2v) is 15.7. The lowest BCUT2D eigenvalue weighted by molar-refractivity contribution is -0.0894. The molecule has 3 rings (SSSR count). The minimum Gasteiger partial charge on any atom is -0.360 e. The first-order chi connectivity index (χ1) is 13.3. The first-order valence-corrected chi connectivity index (χ1v) is 14.0. The van der Waals surface area contributed by atoms with Crippen molar-refractivity contribution in [2.24, 2.45) is 0 Å². The van der Waals surface area contributed by atoms with Crippen molar-refractivity contribution < 1.29 is 19.0 Å². The average Bonchev–Trinajstić information content (AvgIpc) is 3.05. The average molecular weight is 419 g/mol. The number of hydrogen-bond acceptors (Lipinski definition) is 5. The van der Waals surface area contributed by atoms with Crippen LogP contribution in [0, 0.1) is 0 Å². The van der Waals surface area contributed by atoms with Gasteiger partial charge in [0.05, 0.1) is 16.7 Å². The fraction of sp³-hybridized carbons (Fsp3) is 0.636. The van der Waals surface area contributed by atoms with E-state index in [-0.39, 0.29) is 5.78 Å². The Bertz CT molecular complexity index is 895. The van der Waals surface area contributed by atoms with E-state index in [0.717, 1.165) is 22.5 Å². The Morgan fingerprint density at radius 3 is 2.34 bits per heavy atom. The van der Waals surface area contributed by atoms with Crippen molar-refractivity contribution in [3.8, 4) is 0 Å². The van der Waals surface area contributed by atoms with E-state index in [1.165, 1.54) is 0 Å². The molecule has 0 N–H and O–H groups in total. The molecule has 160 valence electrons. The van der Waals surface area contributed by atoms with Crippen LogP contribution in [-0.4, -0.2) is 41.4 Å². The summed E-state index contributed by atoms with van der Waals surface area (Å²) in [5.74, 6) is -0.0677. The highest BCUT2D eigenvalue weighted by molar-refractivity contribution is 6.76. The number of ether oxygens (including phenoxy) is 3. The molecule has 7 heteroatoms. The summed E-state index contributed by atoms with van der Waals surface area (Å²) >= 11 is 0. The lowest BCUT2D eigenvalue weighted by Gasteiger charge is -2.30. The Labute approximate surface area is 174 Å². The molecule has 1 fully saturated rings. The molecule has 2 heterocycles. The summed E-state index contributed by atoms with van der Waals surface area (Å²) in [7, 11) is -1.14. The Morgan fingerprint density at radius 2 is 1.79 bits per heavy atom. The highest BCUT2D eigenvalue weighted by atomic mass is 28.3. The number of Topliss-reactive ketones (excluding diaryl/α,β-unsaturated/α-hetero) is 1. The van der Waals surface area contributed by atoms with Crippen molar-refractivity contribution in [2.75, 3.05) is 6.61 Å². The van der Waals surface area contributed by atoms with Crippen LogP contribution in [0.4, 0.5) is 0 Å². The van der Waals surface area contributed by atoms with Crippen LogP contribution < -0.4 is 0 Å². The zero-order chi connectivity index (χ0) is 21.6. The van der Waals surface area contributed by atoms with Gasteiger partial charge in [-0.15, -0.1) is 0 Å². The first kappa shape index (κ1) is 22.1. The Morgan fingerprint density at radius 1 is 1.17 bits per heavy atom. The topological polar surface area (TPSA) is 62.6 Å². The van der Waals surface area contributed by atoms with Crippen molar-refractivity contribution in [3.63, 3.8) is 0 Å². The maximum Gasteiger partial charge on any atom is 0.185 e. The van der Waals surface area contributed by atoms with Crippen LogP contribution in [-0.2, 0) is 20.9 Å². The fourth-order valence-corrected chi connectivity index (χ4v) is 3.97. The van der Waals surface area contributed by atoms with Gasteiger partial charge in [0.15, 0.2) is 12.1 Å². The number of nitrogens with zero attached hydrogens (tertiary/aromatic N) is 2. The summed E-state index contributed by atoms with van der Waals surface area (Å²) in [6, 6.07) is 7.00. The van der Waals surface area contributed by atoms with Crippen molar-refractivity contribution in [1.82, 2.24) is 9.78 Å². The quantitative estimate of drug-likeness (QED) is 0.353. The molecule has 1 aliphatic heterocycles. The zero-order valence-corrected chi connectivity index (χ0v) is 20.0. The van der Waals surface area contributed by atoms with Gasteiger partial charge in [-0.1, -0.05) is 25.7 Å². The second-order valence-electron chi connectivity index (χ2n) is 10.1. The third-order valence-corrected chi connectivity index (χ3v) is 7.55. The van der Waals surface area contributed by atoms with Crippen LogP contribution in [0.5, 0.6) is 0 Å². The molecule has 1 aliphatic rings. The second kappa shape index (κ2) is 7.61. The standard InChI is InChI=1S/C22H34N2O4Si/c1-15(25)19-17-13-16(20-27-21(2,3)22(4,5)28-20)9-10-18(17)24(23-19)14-26-11-12-29(6,7)8/h9-10,13,20H,11-12,14H2,1-8H3. The summed E-state index contributed by atoms with van der Waals surface area (Å²) in [6.45, 7) is 17.7. The van der Waals surface area contributed by atoms with E-state index in [1.807, 2.05) is 45.9 Å². The van der Waals surface area contributed by atoms with Crippen LogP contribution >= 0.6 is 0 Å². The van der Waals surface area contributed by atoms with E-state index in [0.29, 0.717) is 19.0 Å². The van der Waals surface area contributed by atoms with Crippen molar-refractivity contribution in [2.45, 2.75) is 84.5 Å². The monoisotopic (exact) mass is 418 g/mol. The molecule has 0 bridgehead atoms. The zero-order valence-electron chi connectivity index (χ0n) is 19.0. The van der Waals surface area contributed by atoms with E-state index in [9.17, 15) is 4.79 Å². The molecule has 0 radical (unpaired) electrons. The van der Waals surface area contributed by atoms with E-state index in [4.69, 9.17) is 14.2 Å². The maximum atomic E-state index is 12.2. The van der Waals surface area contributed by atoms with E-state index < -0.39 is 25.6 Å². The van der Waals surface area contributed by atoms with Crippen LogP contribution in [0.2, 0.25) is 25.7 Å². The van der Waals surface area contributed by atoms with Gasteiger partial charge in [-0.25, -0.2) is 4.68 Å². The van der Waals surface area contributed by atoms with Gasteiger partial charge < -0.3 is 14.2 Å². The summed E-state index contributed by atoms with van der Waals surface area (Å²) < 4.78 is 19.9.